The van der Waals surface area contributed by atoms with Crippen molar-refractivity contribution in [1.29, 1.82) is 0 Å². The number of benzene rings is 3. The Hall–Kier alpha value is -3.09. The number of rotatable bonds is 6. The van der Waals surface area contributed by atoms with Crippen LogP contribution in [0.1, 0.15) is 18.1 Å². The van der Waals surface area contributed by atoms with Crippen molar-refractivity contribution in [3.8, 4) is 5.75 Å². The third kappa shape index (κ3) is 4.16. The molecule has 0 aliphatic heterocycles. The maximum Gasteiger partial charge on any atom is 0.211 e. The van der Waals surface area contributed by atoms with Crippen LogP contribution in [-0.4, -0.2) is 20.1 Å². The Morgan fingerprint density at radius 3 is 2.38 bits per heavy atom. The van der Waals surface area contributed by atoms with Crippen LogP contribution in [0.5, 0.6) is 5.75 Å². The van der Waals surface area contributed by atoms with Crippen molar-refractivity contribution in [3.05, 3.63) is 99.3 Å². The average Bonchev–Trinajstić information content (AvgIpc) is 2.80. The SMILES string of the molecule is CCc1ccc(S(=O)(=O)c2cn(Cc3cccc(Cl)c3)c3ccc(OC)cc3c2=O)cc1. The Morgan fingerprint density at radius 1 is 0.969 bits per heavy atom. The number of sulfone groups is 1. The van der Waals surface area contributed by atoms with E-state index in [1.54, 1.807) is 53.1 Å². The first-order chi connectivity index (χ1) is 15.3. The number of nitrogens with zero attached hydrogens (tertiary/aromatic N) is 1. The van der Waals surface area contributed by atoms with E-state index in [9.17, 15) is 13.2 Å². The molecule has 0 saturated heterocycles. The predicted octanol–water partition coefficient (Wildman–Crippen LogP) is 5.11. The van der Waals surface area contributed by atoms with E-state index in [1.165, 1.54) is 13.3 Å². The van der Waals surface area contributed by atoms with E-state index in [1.807, 2.05) is 25.1 Å². The van der Waals surface area contributed by atoms with E-state index in [2.05, 4.69) is 0 Å². The highest BCUT2D eigenvalue weighted by molar-refractivity contribution is 7.91. The summed E-state index contributed by atoms with van der Waals surface area (Å²) in [5.41, 5.74) is 1.95. The third-order valence-electron chi connectivity index (χ3n) is 5.43. The van der Waals surface area contributed by atoms with Crippen LogP contribution in [0, 0.1) is 0 Å². The minimum absolute atomic E-state index is 0.0864. The zero-order chi connectivity index (χ0) is 22.9. The van der Waals surface area contributed by atoms with Crippen LogP contribution < -0.4 is 10.2 Å². The van der Waals surface area contributed by atoms with Crippen molar-refractivity contribution in [3.63, 3.8) is 0 Å². The summed E-state index contributed by atoms with van der Waals surface area (Å²) in [6, 6.07) is 19.0. The van der Waals surface area contributed by atoms with Gasteiger partial charge in [-0.1, -0.05) is 42.8 Å². The van der Waals surface area contributed by atoms with Gasteiger partial charge in [-0.05, 0) is 60.0 Å². The molecule has 0 unspecified atom stereocenters. The number of hydrogen-bond donors (Lipinski definition) is 0. The lowest BCUT2D eigenvalue weighted by molar-refractivity contribution is 0.415. The fraction of sp³-hybridized carbons (Fsp3) is 0.160. The maximum absolute atomic E-state index is 13.4. The first kappa shape index (κ1) is 22.1. The Labute approximate surface area is 191 Å². The molecule has 0 aliphatic rings. The molecule has 4 aromatic rings. The van der Waals surface area contributed by atoms with Crippen LogP contribution in [-0.2, 0) is 22.8 Å². The highest BCUT2D eigenvalue weighted by atomic mass is 35.5. The van der Waals surface area contributed by atoms with Gasteiger partial charge in [-0.15, -0.1) is 0 Å². The molecular weight excluding hydrogens is 446 g/mol. The van der Waals surface area contributed by atoms with Crippen molar-refractivity contribution >= 4 is 32.3 Å². The molecule has 1 aromatic heterocycles. The molecule has 0 N–H and O–H groups in total. The van der Waals surface area contributed by atoms with Gasteiger partial charge in [0.15, 0.2) is 0 Å². The van der Waals surface area contributed by atoms with Crippen LogP contribution in [0.2, 0.25) is 5.02 Å². The highest BCUT2D eigenvalue weighted by Gasteiger charge is 2.24. The number of aromatic nitrogens is 1. The van der Waals surface area contributed by atoms with E-state index >= 15 is 0 Å². The molecule has 0 atom stereocenters. The van der Waals surface area contributed by atoms with Crippen LogP contribution in [0.3, 0.4) is 0 Å². The number of ether oxygens (including phenoxy) is 1. The van der Waals surface area contributed by atoms with Gasteiger partial charge in [0.05, 0.1) is 22.9 Å². The summed E-state index contributed by atoms with van der Waals surface area (Å²) in [6.07, 6.45) is 2.21. The van der Waals surface area contributed by atoms with Crippen LogP contribution >= 0.6 is 11.6 Å². The number of aryl methyl sites for hydroxylation is 1. The monoisotopic (exact) mass is 467 g/mol. The normalized spacial score (nSPS) is 11.6. The Morgan fingerprint density at radius 2 is 1.72 bits per heavy atom. The van der Waals surface area contributed by atoms with Gasteiger partial charge in [0.25, 0.3) is 0 Å². The van der Waals surface area contributed by atoms with Gasteiger partial charge >= 0.3 is 0 Å². The molecule has 164 valence electrons. The number of fused-ring (bicyclic) bond motifs is 1. The second-order valence-electron chi connectivity index (χ2n) is 7.46. The average molecular weight is 468 g/mol. The predicted molar refractivity (Wildman–Crippen MR) is 127 cm³/mol. The van der Waals surface area contributed by atoms with Gasteiger partial charge < -0.3 is 9.30 Å². The Bertz CT molecular complexity index is 1460. The summed E-state index contributed by atoms with van der Waals surface area (Å²) in [5.74, 6) is 0.478. The van der Waals surface area contributed by atoms with Gasteiger partial charge in [-0.3, -0.25) is 4.79 Å². The standard InChI is InChI=1S/C25H22ClNO4S/c1-3-17-7-10-21(11-8-17)32(29,30)24-16-27(15-18-5-4-6-19(26)13-18)23-12-9-20(31-2)14-22(23)25(24)28/h4-14,16H,3,15H2,1-2H3. The molecule has 0 radical (unpaired) electrons. The first-order valence-corrected chi connectivity index (χ1v) is 12.0. The van der Waals surface area contributed by atoms with E-state index in [0.29, 0.717) is 22.8 Å². The van der Waals surface area contributed by atoms with Crippen LogP contribution in [0.4, 0.5) is 0 Å². The van der Waals surface area contributed by atoms with Gasteiger partial charge in [-0.2, -0.15) is 0 Å². The van der Waals surface area contributed by atoms with E-state index in [-0.39, 0.29) is 15.2 Å². The van der Waals surface area contributed by atoms with Crippen molar-refractivity contribution < 1.29 is 13.2 Å². The largest absolute Gasteiger partial charge is 0.497 e. The maximum atomic E-state index is 13.4. The topological polar surface area (TPSA) is 65.4 Å². The lowest BCUT2D eigenvalue weighted by atomic mass is 10.1. The Kier molecular flexibility index (Phi) is 6.09. The minimum atomic E-state index is -4.03. The third-order valence-corrected chi connectivity index (χ3v) is 7.43. The molecule has 0 fully saturated rings. The molecule has 1 heterocycles. The number of pyridine rings is 1. The lowest BCUT2D eigenvalue weighted by Gasteiger charge is -2.15. The van der Waals surface area contributed by atoms with Crippen molar-refractivity contribution in [1.82, 2.24) is 4.57 Å². The molecule has 0 amide bonds. The van der Waals surface area contributed by atoms with Gasteiger partial charge in [0.2, 0.25) is 15.3 Å². The molecule has 0 bridgehead atoms. The van der Waals surface area contributed by atoms with Crippen LogP contribution in [0.25, 0.3) is 10.9 Å². The molecule has 0 aliphatic carbocycles. The zero-order valence-electron chi connectivity index (χ0n) is 17.7. The van der Waals surface area contributed by atoms with E-state index in [4.69, 9.17) is 16.3 Å². The van der Waals surface area contributed by atoms with E-state index < -0.39 is 15.3 Å². The zero-order valence-corrected chi connectivity index (χ0v) is 19.3. The Balaban J connectivity index is 1.95. The molecular formula is C25H22ClNO4S. The van der Waals surface area contributed by atoms with E-state index in [0.717, 1.165) is 17.5 Å². The molecule has 5 nitrogen and oxygen atoms in total. The second kappa shape index (κ2) is 8.81. The lowest BCUT2D eigenvalue weighted by Crippen LogP contribution is -2.19. The smallest absolute Gasteiger partial charge is 0.211 e. The van der Waals surface area contributed by atoms with Gasteiger partial charge in [0.1, 0.15) is 10.6 Å². The molecule has 0 spiro atoms. The minimum Gasteiger partial charge on any atom is -0.497 e. The van der Waals surface area contributed by atoms with Crippen molar-refractivity contribution in [2.24, 2.45) is 0 Å². The molecule has 0 saturated carbocycles. The second-order valence-corrected chi connectivity index (χ2v) is 9.82. The summed E-state index contributed by atoms with van der Waals surface area (Å²) >= 11 is 6.13. The summed E-state index contributed by atoms with van der Waals surface area (Å²) < 4.78 is 33.9. The van der Waals surface area contributed by atoms with Crippen molar-refractivity contribution in [2.45, 2.75) is 29.7 Å². The first-order valence-electron chi connectivity index (χ1n) is 10.1. The summed E-state index contributed by atoms with van der Waals surface area (Å²) in [5, 5.41) is 0.857. The van der Waals surface area contributed by atoms with Gasteiger partial charge in [-0.25, -0.2) is 8.42 Å². The molecule has 32 heavy (non-hydrogen) atoms. The number of halogens is 1. The quantitative estimate of drug-likeness (QED) is 0.395. The van der Waals surface area contributed by atoms with Crippen molar-refractivity contribution in [2.75, 3.05) is 7.11 Å². The summed E-state index contributed by atoms with van der Waals surface area (Å²) in [6.45, 7) is 2.34. The number of methoxy groups -OCH3 is 1. The molecule has 3 aromatic carbocycles. The van der Waals surface area contributed by atoms with Crippen LogP contribution in [0.15, 0.2) is 87.5 Å². The number of hydrogen-bond acceptors (Lipinski definition) is 4. The fourth-order valence-electron chi connectivity index (χ4n) is 3.66. The summed E-state index contributed by atoms with van der Waals surface area (Å²) in [7, 11) is -2.53. The highest BCUT2D eigenvalue weighted by Crippen LogP contribution is 2.25. The fourth-order valence-corrected chi connectivity index (χ4v) is 5.24. The molecule has 7 heteroatoms. The molecule has 4 rings (SSSR count). The van der Waals surface area contributed by atoms with Gasteiger partial charge in [0, 0.05) is 17.8 Å². The summed E-state index contributed by atoms with van der Waals surface area (Å²) in [4.78, 5) is 13.1.